The Morgan fingerprint density at radius 3 is 1.31 bits per heavy atom. The van der Waals surface area contributed by atoms with Crippen LogP contribution < -0.4 is 5.32 Å². The number of allylic oxidation sites excluding steroid dienone is 7. The fourth-order valence-electron chi connectivity index (χ4n) is 6.07. The van der Waals surface area contributed by atoms with Crippen LogP contribution in [0.2, 0.25) is 0 Å². The van der Waals surface area contributed by atoms with Crippen molar-refractivity contribution in [2.75, 3.05) is 6.61 Å². The van der Waals surface area contributed by atoms with E-state index in [1.54, 1.807) is 6.08 Å². The molecule has 0 fully saturated rings. The molecular weight excluding hydrogens is 606 g/mol. The van der Waals surface area contributed by atoms with E-state index < -0.39 is 18.2 Å². The van der Waals surface area contributed by atoms with E-state index in [1.807, 2.05) is 6.08 Å². The van der Waals surface area contributed by atoms with Crippen molar-refractivity contribution in [1.82, 2.24) is 5.32 Å². The SMILES string of the molecule is CCCCCCCCCC/C=C/CC/C=C/CC/C=C/C(O)C(CO)NC(=O)CC(O)CCCCC/C=C\CCCCCCCCCCC. The first-order valence-corrected chi connectivity index (χ1v) is 20.9. The summed E-state index contributed by atoms with van der Waals surface area (Å²) in [6.45, 7) is 4.18. The molecule has 0 aliphatic carbocycles. The number of hydrogen-bond acceptors (Lipinski definition) is 4. The molecule has 0 saturated carbocycles. The lowest BCUT2D eigenvalue weighted by atomic mass is 10.0. The molecule has 0 aromatic carbocycles. The van der Waals surface area contributed by atoms with Crippen molar-refractivity contribution < 1.29 is 20.1 Å². The summed E-state index contributed by atoms with van der Waals surface area (Å²) in [7, 11) is 0. The summed E-state index contributed by atoms with van der Waals surface area (Å²) >= 11 is 0. The highest BCUT2D eigenvalue weighted by Gasteiger charge is 2.20. The van der Waals surface area contributed by atoms with Crippen molar-refractivity contribution in [2.24, 2.45) is 0 Å². The van der Waals surface area contributed by atoms with E-state index in [9.17, 15) is 20.1 Å². The molecule has 49 heavy (non-hydrogen) atoms. The van der Waals surface area contributed by atoms with E-state index in [0.29, 0.717) is 6.42 Å². The number of rotatable bonds is 37. The van der Waals surface area contributed by atoms with Crippen LogP contribution in [0.15, 0.2) is 48.6 Å². The van der Waals surface area contributed by atoms with Gasteiger partial charge in [-0.05, 0) is 70.6 Å². The third-order valence-corrected chi connectivity index (χ3v) is 9.32. The van der Waals surface area contributed by atoms with Gasteiger partial charge in [-0.15, -0.1) is 0 Å². The monoisotopic (exact) mass is 688 g/mol. The van der Waals surface area contributed by atoms with E-state index in [1.165, 1.54) is 122 Å². The second-order valence-corrected chi connectivity index (χ2v) is 14.2. The van der Waals surface area contributed by atoms with Crippen LogP contribution in [0.5, 0.6) is 0 Å². The number of carbonyl (C=O) groups is 1. The summed E-state index contributed by atoms with van der Waals surface area (Å²) in [5, 5.41) is 33.1. The van der Waals surface area contributed by atoms with Crippen LogP contribution >= 0.6 is 0 Å². The van der Waals surface area contributed by atoms with Gasteiger partial charge in [0.25, 0.3) is 0 Å². The first-order valence-electron chi connectivity index (χ1n) is 20.9. The van der Waals surface area contributed by atoms with Gasteiger partial charge >= 0.3 is 0 Å². The topological polar surface area (TPSA) is 89.8 Å². The number of nitrogens with one attached hydrogen (secondary N) is 1. The first-order chi connectivity index (χ1) is 24.0. The molecule has 3 unspecified atom stereocenters. The Morgan fingerprint density at radius 2 is 0.878 bits per heavy atom. The molecule has 1 amide bonds. The quantitative estimate of drug-likeness (QED) is 0.0386. The molecule has 0 aliphatic rings. The van der Waals surface area contributed by atoms with Gasteiger partial charge in [-0.2, -0.15) is 0 Å². The van der Waals surface area contributed by atoms with E-state index in [4.69, 9.17) is 0 Å². The molecule has 0 aliphatic heterocycles. The number of carbonyl (C=O) groups excluding carboxylic acids is 1. The Balaban J connectivity index is 3.80. The zero-order chi connectivity index (χ0) is 35.9. The zero-order valence-electron chi connectivity index (χ0n) is 32.3. The number of aliphatic hydroxyl groups excluding tert-OH is 3. The molecule has 3 atom stereocenters. The molecule has 0 bridgehead atoms. The third kappa shape index (κ3) is 35.9. The van der Waals surface area contributed by atoms with E-state index in [-0.39, 0.29) is 18.9 Å². The average Bonchev–Trinajstić information content (AvgIpc) is 3.09. The van der Waals surface area contributed by atoms with Crippen LogP contribution in [0.3, 0.4) is 0 Å². The molecule has 286 valence electrons. The van der Waals surface area contributed by atoms with Gasteiger partial charge in [0.1, 0.15) is 0 Å². The van der Waals surface area contributed by atoms with E-state index in [2.05, 4.69) is 55.6 Å². The number of amides is 1. The Labute approximate surface area is 304 Å². The van der Waals surface area contributed by atoms with E-state index >= 15 is 0 Å². The molecular formula is C44H81NO4. The minimum atomic E-state index is -0.963. The minimum absolute atomic E-state index is 0.00917. The third-order valence-electron chi connectivity index (χ3n) is 9.32. The van der Waals surface area contributed by atoms with Crippen molar-refractivity contribution in [3.63, 3.8) is 0 Å². The standard InChI is InChI=1S/C44H81NO4/c1-3-5-7-9-11-13-15-17-19-21-22-24-26-28-30-32-34-36-38-43(48)42(40-46)45-44(49)39-41(47)37-35-33-31-29-27-25-23-20-18-16-14-12-10-8-6-4-2/h21-22,25,27-28,30,36,38,41-43,46-48H,3-20,23-24,26,29,31-35,37,39-40H2,1-2H3,(H,45,49)/b22-21+,27-25-,30-28+,38-36+. The van der Waals surface area contributed by atoms with Crippen molar-refractivity contribution in [3.05, 3.63) is 48.6 Å². The maximum Gasteiger partial charge on any atom is 0.222 e. The van der Waals surface area contributed by atoms with Crippen molar-refractivity contribution >= 4 is 5.91 Å². The van der Waals surface area contributed by atoms with Crippen LogP contribution in [0.25, 0.3) is 0 Å². The van der Waals surface area contributed by atoms with Gasteiger partial charge in [0, 0.05) is 0 Å². The second-order valence-electron chi connectivity index (χ2n) is 14.2. The molecule has 5 nitrogen and oxygen atoms in total. The second kappa shape index (κ2) is 39.1. The van der Waals surface area contributed by atoms with Crippen molar-refractivity contribution in [3.8, 4) is 0 Å². The lowest BCUT2D eigenvalue weighted by molar-refractivity contribution is -0.124. The normalized spacial score (nSPS) is 14.1. The van der Waals surface area contributed by atoms with Crippen LogP contribution in [0.1, 0.15) is 200 Å². The smallest absolute Gasteiger partial charge is 0.222 e. The number of unbranched alkanes of at least 4 members (excludes halogenated alkanes) is 22. The molecule has 0 aromatic heterocycles. The minimum Gasteiger partial charge on any atom is -0.394 e. The zero-order valence-corrected chi connectivity index (χ0v) is 32.3. The number of aliphatic hydroxyl groups is 3. The first kappa shape index (κ1) is 47.3. The summed E-state index contributed by atoms with van der Waals surface area (Å²) in [6, 6.07) is -0.772. The summed E-state index contributed by atoms with van der Waals surface area (Å²) in [5.74, 6) is -0.340. The van der Waals surface area contributed by atoms with Crippen LogP contribution in [0.4, 0.5) is 0 Å². The lowest BCUT2D eigenvalue weighted by Crippen LogP contribution is -2.45. The maximum atomic E-state index is 12.4. The van der Waals surface area contributed by atoms with Gasteiger partial charge in [-0.25, -0.2) is 0 Å². The predicted molar refractivity (Wildman–Crippen MR) is 213 cm³/mol. The lowest BCUT2D eigenvalue weighted by Gasteiger charge is -2.20. The highest BCUT2D eigenvalue weighted by atomic mass is 16.3. The van der Waals surface area contributed by atoms with Gasteiger partial charge in [0.05, 0.1) is 31.3 Å². The van der Waals surface area contributed by atoms with Crippen molar-refractivity contribution in [1.29, 1.82) is 0 Å². The van der Waals surface area contributed by atoms with Gasteiger partial charge in [-0.1, -0.05) is 172 Å². The van der Waals surface area contributed by atoms with Gasteiger partial charge < -0.3 is 20.6 Å². The largest absolute Gasteiger partial charge is 0.394 e. The molecule has 4 N–H and O–H groups in total. The number of hydrogen-bond donors (Lipinski definition) is 4. The Morgan fingerprint density at radius 1 is 0.510 bits per heavy atom. The highest BCUT2D eigenvalue weighted by molar-refractivity contribution is 5.76. The molecule has 0 spiro atoms. The fraction of sp³-hybridized carbons (Fsp3) is 0.795. The van der Waals surface area contributed by atoms with Gasteiger partial charge in [0.15, 0.2) is 0 Å². The molecule has 0 heterocycles. The highest BCUT2D eigenvalue weighted by Crippen LogP contribution is 2.13. The molecule has 0 saturated heterocycles. The van der Waals surface area contributed by atoms with Gasteiger partial charge in [0.2, 0.25) is 5.91 Å². The van der Waals surface area contributed by atoms with Crippen molar-refractivity contribution in [2.45, 2.75) is 218 Å². The summed E-state index contributed by atoms with van der Waals surface area (Å²) in [6.07, 6.45) is 49.6. The van der Waals surface area contributed by atoms with Crippen LogP contribution in [0, 0.1) is 0 Å². The molecule has 0 rings (SSSR count). The Bertz CT molecular complexity index is 805. The Kier molecular flexibility index (Phi) is 37.8. The predicted octanol–water partition coefficient (Wildman–Crippen LogP) is 11.8. The maximum absolute atomic E-state index is 12.4. The molecule has 5 heteroatoms. The summed E-state index contributed by atoms with van der Waals surface area (Å²) in [4.78, 5) is 12.4. The molecule has 0 aromatic rings. The van der Waals surface area contributed by atoms with Crippen LogP contribution in [-0.2, 0) is 4.79 Å². The fourth-order valence-corrected chi connectivity index (χ4v) is 6.07. The summed E-state index contributed by atoms with van der Waals surface area (Å²) < 4.78 is 0. The summed E-state index contributed by atoms with van der Waals surface area (Å²) in [5.41, 5.74) is 0. The average molecular weight is 688 g/mol. The Hall–Kier alpha value is -1.69. The van der Waals surface area contributed by atoms with E-state index in [0.717, 1.165) is 51.4 Å². The molecule has 0 radical (unpaired) electrons. The van der Waals surface area contributed by atoms with Gasteiger partial charge in [-0.3, -0.25) is 4.79 Å². The van der Waals surface area contributed by atoms with Crippen LogP contribution in [-0.4, -0.2) is 46.1 Å².